The van der Waals surface area contributed by atoms with Crippen molar-refractivity contribution in [3.8, 4) is 11.8 Å². The van der Waals surface area contributed by atoms with E-state index in [-0.39, 0.29) is 21.5 Å². The lowest BCUT2D eigenvalue weighted by molar-refractivity contribution is -0.137. The van der Waals surface area contributed by atoms with E-state index >= 15 is 0 Å². The summed E-state index contributed by atoms with van der Waals surface area (Å²) in [5.74, 6) is -0.336. The summed E-state index contributed by atoms with van der Waals surface area (Å²) < 4.78 is 39.3. The number of alkyl halides is 3. The summed E-state index contributed by atoms with van der Waals surface area (Å²) in [7, 11) is 0. The number of hydrogen-bond acceptors (Lipinski definition) is 3. The highest BCUT2D eigenvalue weighted by Crippen LogP contribution is 2.34. The number of aromatic nitrogens is 2. The van der Waals surface area contributed by atoms with Crippen LogP contribution >= 0.6 is 15.9 Å². The Morgan fingerprint density at radius 2 is 2.14 bits per heavy atom. The molecule has 1 heterocycles. The number of nitrogens with zero attached hydrogens (tertiary/aromatic N) is 3. The Labute approximate surface area is 131 Å². The normalized spacial score (nSPS) is 11.1. The quantitative estimate of drug-likeness (QED) is 0.876. The van der Waals surface area contributed by atoms with Gasteiger partial charge in [0.25, 0.3) is 0 Å². The molecular formula is C13H8BrF3N4O. The summed E-state index contributed by atoms with van der Waals surface area (Å²) in [6.07, 6.45) is -3.25. The zero-order valence-corrected chi connectivity index (χ0v) is 12.7. The highest BCUT2D eigenvalue weighted by Gasteiger charge is 2.31. The molecule has 0 saturated heterocycles. The van der Waals surface area contributed by atoms with Gasteiger partial charge in [-0.15, -0.1) is 0 Å². The summed E-state index contributed by atoms with van der Waals surface area (Å²) in [6, 6.07) is 4.85. The van der Waals surface area contributed by atoms with Gasteiger partial charge in [0.2, 0.25) is 5.91 Å². The minimum absolute atomic E-state index is 0.0930. The molecule has 0 aliphatic rings. The lowest BCUT2D eigenvalue weighted by Gasteiger charge is -2.12. The molecule has 0 bridgehead atoms. The van der Waals surface area contributed by atoms with Crippen LogP contribution in [0.2, 0.25) is 0 Å². The Kier molecular flexibility index (Phi) is 4.23. The summed E-state index contributed by atoms with van der Waals surface area (Å²) >= 11 is 3.05. The number of carbonyl (C=O) groups excluding carboxylic acids is 1. The predicted molar refractivity (Wildman–Crippen MR) is 75.3 cm³/mol. The number of halogens is 4. The molecule has 0 saturated carbocycles. The van der Waals surface area contributed by atoms with E-state index in [2.05, 4.69) is 26.3 Å². The van der Waals surface area contributed by atoms with E-state index in [0.717, 1.165) is 12.1 Å². The zero-order chi connectivity index (χ0) is 16.5. The number of carbonyl (C=O) groups is 1. The molecular weight excluding hydrogens is 365 g/mol. The van der Waals surface area contributed by atoms with E-state index < -0.39 is 17.6 Å². The Morgan fingerprint density at radius 1 is 1.45 bits per heavy atom. The summed E-state index contributed by atoms with van der Waals surface area (Å²) in [5, 5.41) is 15.4. The molecule has 0 fully saturated rings. The van der Waals surface area contributed by atoms with Crippen LogP contribution in [0.15, 0.2) is 28.9 Å². The van der Waals surface area contributed by atoms with Crippen LogP contribution in [0, 0.1) is 11.3 Å². The molecule has 1 amide bonds. The van der Waals surface area contributed by atoms with Gasteiger partial charge in [-0.1, -0.05) is 0 Å². The fourth-order valence-electron chi connectivity index (χ4n) is 1.75. The van der Waals surface area contributed by atoms with Gasteiger partial charge in [0.15, 0.2) is 5.82 Å². The van der Waals surface area contributed by atoms with E-state index in [4.69, 9.17) is 5.26 Å². The number of nitriles is 1. The van der Waals surface area contributed by atoms with Crippen molar-refractivity contribution < 1.29 is 18.0 Å². The first kappa shape index (κ1) is 16.0. The van der Waals surface area contributed by atoms with Crippen molar-refractivity contribution in [1.82, 2.24) is 9.78 Å². The minimum atomic E-state index is -4.47. The SMILES string of the molecule is CC(=O)Nc1c(C#N)cnn1-c1ccc(C(F)(F)F)cc1Br. The first-order valence-electron chi connectivity index (χ1n) is 5.87. The zero-order valence-electron chi connectivity index (χ0n) is 11.1. The standard InChI is InChI=1S/C13H8BrF3N4O/c1-7(22)20-12-8(5-18)6-19-21(12)11-3-2-9(4-10(11)14)13(15,16)17/h2-4,6H,1H3,(H,20,22). The summed E-state index contributed by atoms with van der Waals surface area (Å²) in [4.78, 5) is 11.2. The largest absolute Gasteiger partial charge is 0.416 e. The molecule has 0 radical (unpaired) electrons. The van der Waals surface area contributed by atoms with Gasteiger partial charge < -0.3 is 5.32 Å². The van der Waals surface area contributed by atoms with Crippen LogP contribution in [-0.4, -0.2) is 15.7 Å². The van der Waals surface area contributed by atoms with Crippen molar-refractivity contribution in [3.05, 3.63) is 40.0 Å². The molecule has 0 atom stereocenters. The maximum absolute atomic E-state index is 12.7. The molecule has 114 valence electrons. The van der Waals surface area contributed by atoms with E-state index in [1.165, 1.54) is 23.9 Å². The lowest BCUT2D eigenvalue weighted by atomic mass is 10.2. The van der Waals surface area contributed by atoms with Crippen molar-refractivity contribution in [2.75, 3.05) is 5.32 Å². The topological polar surface area (TPSA) is 70.7 Å². The fourth-order valence-corrected chi connectivity index (χ4v) is 2.30. The molecule has 0 unspecified atom stereocenters. The molecule has 1 aromatic heterocycles. The molecule has 0 aliphatic carbocycles. The van der Waals surface area contributed by atoms with Crippen molar-refractivity contribution >= 4 is 27.7 Å². The molecule has 9 heteroatoms. The van der Waals surface area contributed by atoms with Crippen LogP contribution in [0.25, 0.3) is 5.69 Å². The van der Waals surface area contributed by atoms with E-state index in [9.17, 15) is 18.0 Å². The van der Waals surface area contributed by atoms with Crippen molar-refractivity contribution in [1.29, 1.82) is 5.26 Å². The average molecular weight is 373 g/mol. The smallest absolute Gasteiger partial charge is 0.310 e. The Balaban J connectivity index is 2.56. The van der Waals surface area contributed by atoms with Gasteiger partial charge in [-0.05, 0) is 34.1 Å². The van der Waals surface area contributed by atoms with E-state index in [1.807, 2.05) is 6.07 Å². The summed E-state index contributed by atoms with van der Waals surface area (Å²) in [5.41, 5.74) is -0.461. The van der Waals surface area contributed by atoms with Gasteiger partial charge in [0.05, 0.1) is 17.4 Å². The third-order valence-electron chi connectivity index (χ3n) is 2.69. The maximum atomic E-state index is 12.7. The van der Waals surface area contributed by atoms with Crippen molar-refractivity contribution in [2.45, 2.75) is 13.1 Å². The number of nitrogens with one attached hydrogen (secondary N) is 1. The number of hydrogen-bond donors (Lipinski definition) is 1. The fraction of sp³-hybridized carbons (Fsp3) is 0.154. The van der Waals surface area contributed by atoms with Crippen LogP contribution in [0.4, 0.5) is 19.0 Å². The van der Waals surface area contributed by atoms with Gasteiger partial charge in [0.1, 0.15) is 11.6 Å². The maximum Gasteiger partial charge on any atom is 0.416 e. The van der Waals surface area contributed by atoms with Crippen LogP contribution < -0.4 is 5.32 Å². The van der Waals surface area contributed by atoms with E-state index in [1.54, 1.807) is 0 Å². The monoisotopic (exact) mass is 372 g/mol. The molecule has 1 N–H and O–H groups in total. The number of amides is 1. The lowest BCUT2D eigenvalue weighted by Crippen LogP contribution is -2.13. The summed E-state index contributed by atoms with van der Waals surface area (Å²) in [6.45, 7) is 1.25. The van der Waals surface area contributed by atoms with Crippen LogP contribution in [0.3, 0.4) is 0 Å². The molecule has 22 heavy (non-hydrogen) atoms. The average Bonchev–Trinajstić information content (AvgIpc) is 2.79. The number of anilines is 1. The second-order valence-corrected chi connectivity index (χ2v) is 5.13. The molecule has 0 aliphatic heterocycles. The Hall–Kier alpha value is -2.34. The van der Waals surface area contributed by atoms with Gasteiger partial charge in [-0.25, -0.2) is 4.68 Å². The highest BCUT2D eigenvalue weighted by atomic mass is 79.9. The molecule has 2 rings (SSSR count). The van der Waals surface area contributed by atoms with Crippen molar-refractivity contribution in [3.63, 3.8) is 0 Å². The van der Waals surface area contributed by atoms with Crippen molar-refractivity contribution in [2.24, 2.45) is 0 Å². The third-order valence-corrected chi connectivity index (χ3v) is 3.32. The van der Waals surface area contributed by atoms with Crippen LogP contribution in [0.1, 0.15) is 18.1 Å². The van der Waals surface area contributed by atoms with Crippen LogP contribution in [0.5, 0.6) is 0 Å². The first-order valence-corrected chi connectivity index (χ1v) is 6.66. The third kappa shape index (κ3) is 3.12. The second kappa shape index (κ2) is 5.81. The van der Waals surface area contributed by atoms with Crippen LogP contribution in [-0.2, 0) is 11.0 Å². The first-order chi connectivity index (χ1) is 10.2. The van der Waals surface area contributed by atoms with E-state index in [0.29, 0.717) is 0 Å². The molecule has 1 aromatic carbocycles. The van der Waals surface area contributed by atoms with Gasteiger partial charge >= 0.3 is 6.18 Å². The highest BCUT2D eigenvalue weighted by molar-refractivity contribution is 9.10. The molecule has 0 spiro atoms. The molecule has 5 nitrogen and oxygen atoms in total. The minimum Gasteiger partial charge on any atom is -0.310 e. The van der Waals surface area contributed by atoms with Gasteiger partial charge in [-0.3, -0.25) is 4.79 Å². The number of rotatable bonds is 2. The second-order valence-electron chi connectivity index (χ2n) is 4.28. The molecule has 2 aromatic rings. The van der Waals surface area contributed by atoms with Gasteiger partial charge in [-0.2, -0.15) is 23.5 Å². The predicted octanol–water partition coefficient (Wildman–Crippen LogP) is 3.48. The Bertz CT molecular complexity index is 777. The number of benzene rings is 1. The van der Waals surface area contributed by atoms with Gasteiger partial charge in [0, 0.05) is 11.4 Å². The Morgan fingerprint density at radius 3 is 2.64 bits per heavy atom.